The first-order chi connectivity index (χ1) is 8.15. The van der Waals surface area contributed by atoms with E-state index in [0.717, 1.165) is 18.5 Å². The molecule has 2 saturated heterocycles. The summed E-state index contributed by atoms with van der Waals surface area (Å²) < 4.78 is 13.7. The summed E-state index contributed by atoms with van der Waals surface area (Å²) in [4.78, 5) is 13.8. The van der Waals surface area contributed by atoms with Gasteiger partial charge in [0, 0.05) is 30.6 Å². The van der Waals surface area contributed by atoms with Crippen LogP contribution in [0.15, 0.2) is 22.7 Å². The van der Waals surface area contributed by atoms with Crippen LogP contribution in [0.1, 0.15) is 25.7 Å². The van der Waals surface area contributed by atoms with Crippen LogP contribution < -0.4 is 4.90 Å². The van der Waals surface area contributed by atoms with E-state index in [0.29, 0.717) is 35.2 Å². The van der Waals surface area contributed by atoms with Crippen molar-refractivity contribution in [3.8, 4) is 0 Å². The number of anilines is 1. The minimum Gasteiger partial charge on any atom is -0.365 e. The molecule has 2 nitrogen and oxygen atoms in total. The quantitative estimate of drug-likeness (QED) is 0.793. The number of piperidine rings is 1. The van der Waals surface area contributed by atoms with E-state index in [4.69, 9.17) is 0 Å². The van der Waals surface area contributed by atoms with Crippen LogP contribution in [0.5, 0.6) is 0 Å². The fraction of sp³-hybridized carbons (Fsp3) is 0.462. The van der Waals surface area contributed by atoms with Gasteiger partial charge in [0.25, 0.3) is 0 Å². The number of hydrogen-bond donors (Lipinski definition) is 0. The van der Waals surface area contributed by atoms with Gasteiger partial charge in [-0.25, -0.2) is 4.39 Å². The van der Waals surface area contributed by atoms with Crippen molar-refractivity contribution in [3.63, 3.8) is 0 Å². The molecule has 0 radical (unpaired) electrons. The van der Waals surface area contributed by atoms with Crippen LogP contribution >= 0.6 is 15.9 Å². The molecule has 2 fully saturated rings. The van der Waals surface area contributed by atoms with Crippen molar-refractivity contribution in [3.05, 3.63) is 28.5 Å². The van der Waals surface area contributed by atoms with Crippen LogP contribution in [-0.4, -0.2) is 17.9 Å². The Morgan fingerprint density at radius 2 is 1.88 bits per heavy atom. The Hall–Kier alpha value is -0.900. The minimum atomic E-state index is -0.241. The number of hydrogen-bond acceptors (Lipinski definition) is 2. The summed E-state index contributed by atoms with van der Waals surface area (Å²) >= 11 is 3.22. The van der Waals surface area contributed by atoms with Gasteiger partial charge in [0.2, 0.25) is 0 Å². The second-order valence-electron chi connectivity index (χ2n) is 4.84. The first kappa shape index (κ1) is 11.2. The Balaban J connectivity index is 1.94. The number of ketones is 1. The number of rotatable bonds is 1. The summed E-state index contributed by atoms with van der Waals surface area (Å²) in [6.45, 7) is 0. The molecule has 1 aromatic carbocycles. The zero-order valence-corrected chi connectivity index (χ0v) is 10.9. The van der Waals surface area contributed by atoms with Gasteiger partial charge in [0.15, 0.2) is 0 Å². The van der Waals surface area contributed by atoms with E-state index in [9.17, 15) is 9.18 Å². The third-order valence-electron chi connectivity index (χ3n) is 3.75. The van der Waals surface area contributed by atoms with Crippen molar-refractivity contribution in [1.82, 2.24) is 0 Å². The van der Waals surface area contributed by atoms with E-state index in [1.165, 1.54) is 6.07 Å². The highest BCUT2D eigenvalue weighted by Gasteiger charge is 2.40. The van der Waals surface area contributed by atoms with Gasteiger partial charge < -0.3 is 4.90 Å². The molecule has 4 heteroatoms. The van der Waals surface area contributed by atoms with E-state index >= 15 is 0 Å². The number of fused-ring (bicyclic) bond motifs is 2. The van der Waals surface area contributed by atoms with E-state index < -0.39 is 0 Å². The molecule has 3 rings (SSSR count). The molecule has 2 atom stereocenters. The molecule has 2 bridgehead atoms. The average Bonchev–Trinajstić information content (AvgIpc) is 2.55. The predicted molar refractivity (Wildman–Crippen MR) is 67.6 cm³/mol. The molecule has 17 heavy (non-hydrogen) atoms. The predicted octanol–water partition coefficient (Wildman–Crippen LogP) is 3.29. The van der Waals surface area contributed by atoms with Crippen molar-refractivity contribution in [2.75, 3.05) is 4.90 Å². The Labute approximate surface area is 108 Å². The molecule has 2 unspecified atom stereocenters. The lowest BCUT2D eigenvalue weighted by molar-refractivity contribution is -0.120. The maximum atomic E-state index is 13.2. The van der Waals surface area contributed by atoms with Crippen LogP contribution in [-0.2, 0) is 4.79 Å². The van der Waals surface area contributed by atoms with Crippen LogP contribution in [0, 0.1) is 5.82 Å². The van der Waals surface area contributed by atoms with Crippen molar-refractivity contribution < 1.29 is 9.18 Å². The summed E-state index contributed by atoms with van der Waals surface area (Å²) in [6.07, 6.45) is 3.44. The van der Waals surface area contributed by atoms with Crippen LogP contribution in [0.4, 0.5) is 10.1 Å². The fourth-order valence-electron chi connectivity index (χ4n) is 3.04. The lowest BCUT2D eigenvalue weighted by atomic mass is 10.0. The van der Waals surface area contributed by atoms with Gasteiger partial charge in [-0.1, -0.05) is 0 Å². The minimum absolute atomic E-state index is 0.241. The van der Waals surface area contributed by atoms with Crippen LogP contribution in [0.25, 0.3) is 0 Å². The monoisotopic (exact) mass is 297 g/mol. The maximum absolute atomic E-state index is 13.2. The second kappa shape index (κ2) is 4.09. The van der Waals surface area contributed by atoms with Crippen LogP contribution in [0.2, 0.25) is 0 Å². The molecule has 0 saturated carbocycles. The van der Waals surface area contributed by atoms with E-state index in [1.807, 2.05) is 6.07 Å². The average molecular weight is 298 g/mol. The second-order valence-corrected chi connectivity index (χ2v) is 5.69. The highest BCUT2D eigenvalue weighted by Crippen LogP contribution is 2.38. The number of carbonyl (C=O) groups is 1. The summed E-state index contributed by atoms with van der Waals surface area (Å²) in [6, 6.07) is 5.74. The maximum Gasteiger partial charge on any atom is 0.137 e. The summed E-state index contributed by atoms with van der Waals surface area (Å²) in [7, 11) is 0. The lowest BCUT2D eigenvalue weighted by Gasteiger charge is -2.36. The molecule has 1 aromatic rings. The third-order valence-corrected chi connectivity index (χ3v) is 4.36. The number of Topliss-reactive ketones (excluding diaryl/α,β-unsaturated/α-hetero) is 1. The standard InChI is InChI=1S/C13H13BrFNO/c14-12-7-10(3-4-13(12)15)16-8-1-2-9(16)6-11(17)5-8/h3-4,7-9H,1-2,5-6H2. The third kappa shape index (κ3) is 1.88. The number of halogens is 2. The molecule has 2 aliphatic heterocycles. The van der Waals surface area contributed by atoms with Gasteiger partial charge >= 0.3 is 0 Å². The topological polar surface area (TPSA) is 20.3 Å². The SMILES string of the molecule is O=C1CC2CCC(C1)N2c1ccc(F)c(Br)c1. The number of carbonyl (C=O) groups excluding carboxylic acids is 1. The van der Waals surface area contributed by atoms with Gasteiger partial charge in [-0.3, -0.25) is 4.79 Å². The Bertz CT molecular complexity index is 460. The molecule has 2 aliphatic rings. The Morgan fingerprint density at radius 3 is 2.47 bits per heavy atom. The summed E-state index contributed by atoms with van der Waals surface area (Å²) in [5, 5.41) is 0. The molecule has 0 spiro atoms. The van der Waals surface area contributed by atoms with Crippen molar-refractivity contribution >= 4 is 27.4 Å². The number of nitrogens with zero attached hydrogens (tertiary/aromatic N) is 1. The summed E-state index contributed by atoms with van der Waals surface area (Å²) in [5.74, 6) is 0.129. The fourth-order valence-corrected chi connectivity index (χ4v) is 3.40. The van der Waals surface area contributed by atoms with E-state index in [2.05, 4.69) is 20.8 Å². The smallest absolute Gasteiger partial charge is 0.137 e. The molecule has 0 N–H and O–H groups in total. The van der Waals surface area contributed by atoms with Gasteiger partial charge in [0.05, 0.1) is 4.47 Å². The largest absolute Gasteiger partial charge is 0.365 e. The molecule has 0 amide bonds. The lowest BCUT2D eigenvalue weighted by Crippen LogP contribution is -2.43. The first-order valence-corrected chi connectivity index (χ1v) is 6.69. The molecular formula is C13H13BrFNO. The Morgan fingerprint density at radius 1 is 1.24 bits per heavy atom. The van der Waals surface area contributed by atoms with Crippen LogP contribution in [0.3, 0.4) is 0 Å². The van der Waals surface area contributed by atoms with Crippen molar-refractivity contribution in [2.45, 2.75) is 37.8 Å². The zero-order valence-electron chi connectivity index (χ0n) is 9.33. The zero-order chi connectivity index (χ0) is 12.0. The molecule has 0 aliphatic carbocycles. The van der Waals surface area contributed by atoms with E-state index in [-0.39, 0.29) is 5.82 Å². The van der Waals surface area contributed by atoms with Crippen molar-refractivity contribution in [1.29, 1.82) is 0 Å². The van der Waals surface area contributed by atoms with Crippen molar-refractivity contribution in [2.24, 2.45) is 0 Å². The highest BCUT2D eigenvalue weighted by molar-refractivity contribution is 9.10. The van der Waals surface area contributed by atoms with Gasteiger partial charge in [-0.15, -0.1) is 0 Å². The van der Waals surface area contributed by atoms with Gasteiger partial charge in [0.1, 0.15) is 11.6 Å². The van der Waals surface area contributed by atoms with Gasteiger partial charge in [-0.05, 0) is 47.0 Å². The number of benzene rings is 1. The highest BCUT2D eigenvalue weighted by atomic mass is 79.9. The molecular weight excluding hydrogens is 285 g/mol. The summed E-state index contributed by atoms with van der Waals surface area (Å²) in [5.41, 5.74) is 1.03. The Kier molecular flexibility index (Phi) is 2.69. The van der Waals surface area contributed by atoms with Gasteiger partial charge in [-0.2, -0.15) is 0 Å². The van der Waals surface area contributed by atoms with E-state index in [1.54, 1.807) is 6.07 Å². The molecule has 0 aromatic heterocycles. The molecule has 90 valence electrons. The first-order valence-electron chi connectivity index (χ1n) is 5.90. The molecule has 2 heterocycles. The normalized spacial score (nSPS) is 27.6.